The van der Waals surface area contributed by atoms with Gasteiger partial charge in [0.05, 0.1) is 5.69 Å². The highest BCUT2D eigenvalue weighted by Crippen LogP contribution is 2.43. The quantitative estimate of drug-likeness (QED) is 0.766. The summed E-state index contributed by atoms with van der Waals surface area (Å²) in [6.07, 6.45) is 0. The van der Waals surface area contributed by atoms with E-state index in [9.17, 15) is 4.79 Å². The van der Waals surface area contributed by atoms with E-state index in [1.54, 1.807) is 0 Å². The number of anilines is 1. The van der Waals surface area contributed by atoms with Crippen LogP contribution in [0.15, 0.2) is 23.1 Å². The Balaban J connectivity index is 2.43. The van der Waals surface area contributed by atoms with Gasteiger partial charge in [0.25, 0.3) is 0 Å². The smallest absolute Gasteiger partial charge is 0.241 e. The van der Waals surface area contributed by atoms with Gasteiger partial charge in [-0.3, -0.25) is 4.79 Å². The average molecular weight is 242 g/mol. The molecule has 0 radical (unpaired) electrons. The van der Waals surface area contributed by atoms with Crippen LogP contribution in [0.5, 0.6) is 0 Å². The van der Waals surface area contributed by atoms with Crippen molar-refractivity contribution in [2.75, 3.05) is 11.2 Å². The number of rotatable bonds is 1. The highest BCUT2D eigenvalue weighted by atomic mass is 35.5. The lowest BCUT2D eigenvalue weighted by Crippen LogP contribution is -2.41. The van der Waals surface area contributed by atoms with Crippen LogP contribution in [-0.2, 0) is 4.79 Å². The highest BCUT2D eigenvalue weighted by molar-refractivity contribution is 8.01. The molecule has 1 aromatic carbocycles. The fourth-order valence-electron chi connectivity index (χ4n) is 1.45. The standard InChI is InChI=1S/C11H12ClNOS/c1-7-3-4-8-9(5-7)15-11(2,6-12)10(14)13-8/h3-5H,6H2,1-2H3,(H,13,14). The zero-order chi connectivity index (χ0) is 11.1. The first-order valence-electron chi connectivity index (χ1n) is 4.72. The van der Waals surface area contributed by atoms with Gasteiger partial charge in [-0.1, -0.05) is 6.07 Å². The number of fused-ring (bicyclic) bond motifs is 1. The Morgan fingerprint density at radius 1 is 1.53 bits per heavy atom. The summed E-state index contributed by atoms with van der Waals surface area (Å²) in [4.78, 5) is 12.9. The maximum absolute atomic E-state index is 11.8. The van der Waals surface area contributed by atoms with Gasteiger partial charge in [0.2, 0.25) is 5.91 Å². The summed E-state index contributed by atoms with van der Waals surface area (Å²) in [6.45, 7) is 3.90. The SMILES string of the molecule is Cc1ccc2c(c1)SC(C)(CCl)C(=O)N2. The van der Waals surface area contributed by atoms with Gasteiger partial charge in [-0.05, 0) is 31.5 Å². The molecule has 1 amide bonds. The molecule has 0 saturated heterocycles. The lowest BCUT2D eigenvalue weighted by Gasteiger charge is -2.31. The zero-order valence-corrected chi connectivity index (χ0v) is 10.2. The van der Waals surface area contributed by atoms with Crippen LogP contribution in [0, 0.1) is 6.92 Å². The normalized spacial score (nSPS) is 24.6. The van der Waals surface area contributed by atoms with E-state index in [4.69, 9.17) is 11.6 Å². The third-order valence-electron chi connectivity index (χ3n) is 2.46. The number of thioether (sulfide) groups is 1. The second kappa shape index (κ2) is 3.72. The minimum Gasteiger partial charge on any atom is -0.324 e. The van der Waals surface area contributed by atoms with Crippen LogP contribution in [0.1, 0.15) is 12.5 Å². The molecular formula is C11H12ClNOS. The van der Waals surface area contributed by atoms with Crippen LogP contribution >= 0.6 is 23.4 Å². The monoisotopic (exact) mass is 241 g/mol. The number of halogens is 1. The van der Waals surface area contributed by atoms with E-state index < -0.39 is 4.75 Å². The van der Waals surface area contributed by atoms with E-state index in [2.05, 4.69) is 11.4 Å². The second-order valence-corrected chi connectivity index (χ2v) is 5.73. The van der Waals surface area contributed by atoms with Gasteiger partial charge < -0.3 is 5.32 Å². The number of carbonyl (C=O) groups excluding carboxylic acids is 1. The lowest BCUT2D eigenvalue weighted by molar-refractivity contribution is -0.117. The molecule has 0 spiro atoms. The summed E-state index contributed by atoms with van der Waals surface area (Å²) in [7, 11) is 0. The van der Waals surface area contributed by atoms with Crippen molar-refractivity contribution in [1.82, 2.24) is 0 Å². The molecule has 1 heterocycles. The molecule has 2 rings (SSSR count). The van der Waals surface area contributed by atoms with E-state index in [1.165, 1.54) is 17.3 Å². The van der Waals surface area contributed by atoms with E-state index in [-0.39, 0.29) is 5.91 Å². The molecule has 15 heavy (non-hydrogen) atoms. The average Bonchev–Trinajstić information content (AvgIpc) is 2.20. The third kappa shape index (κ3) is 1.86. The topological polar surface area (TPSA) is 29.1 Å². The van der Waals surface area contributed by atoms with Crippen LogP contribution in [0.25, 0.3) is 0 Å². The van der Waals surface area contributed by atoms with Crippen molar-refractivity contribution in [1.29, 1.82) is 0 Å². The first kappa shape index (κ1) is 10.8. The maximum Gasteiger partial charge on any atom is 0.241 e. The predicted molar refractivity (Wildman–Crippen MR) is 64.8 cm³/mol. The van der Waals surface area contributed by atoms with Crippen molar-refractivity contribution in [2.45, 2.75) is 23.5 Å². The highest BCUT2D eigenvalue weighted by Gasteiger charge is 2.38. The van der Waals surface area contributed by atoms with E-state index in [0.717, 1.165) is 10.6 Å². The number of benzene rings is 1. The van der Waals surface area contributed by atoms with Crippen molar-refractivity contribution in [3.05, 3.63) is 23.8 Å². The minimum atomic E-state index is -0.553. The molecule has 1 unspecified atom stereocenters. The summed E-state index contributed by atoms with van der Waals surface area (Å²) in [6, 6.07) is 6.00. The van der Waals surface area contributed by atoms with Gasteiger partial charge in [-0.2, -0.15) is 0 Å². The van der Waals surface area contributed by atoms with E-state index in [0.29, 0.717) is 5.88 Å². The molecule has 0 aromatic heterocycles. The van der Waals surface area contributed by atoms with Gasteiger partial charge in [0, 0.05) is 10.8 Å². The largest absolute Gasteiger partial charge is 0.324 e. The predicted octanol–water partition coefficient (Wildman–Crippen LogP) is 3.04. The minimum absolute atomic E-state index is 0.0150. The van der Waals surface area contributed by atoms with Crippen molar-refractivity contribution in [2.24, 2.45) is 0 Å². The molecular weight excluding hydrogens is 230 g/mol. The Hall–Kier alpha value is -0.670. The molecule has 2 nitrogen and oxygen atoms in total. The number of amides is 1. The third-order valence-corrected chi connectivity index (χ3v) is 4.49. The van der Waals surface area contributed by atoms with Crippen LogP contribution < -0.4 is 5.32 Å². The van der Waals surface area contributed by atoms with Crippen molar-refractivity contribution in [3.63, 3.8) is 0 Å². The fourth-order valence-corrected chi connectivity index (χ4v) is 2.89. The molecule has 1 aliphatic heterocycles. The Kier molecular flexibility index (Phi) is 2.69. The van der Waals surface area contributed by atoms with Crippen LogP contribution in [0.2, 0.25) is 0 Å². The summed E-state index contributed by atoms with van der Waals surface area (Å²) in [5, 5.41) is 2.88. The molecule has 1 aliphatic rings. The van der Waals surface area contributed by atoms with Gasteiger partial charge in [-0.15, -0.1) is 23.4 Å². The second-order valence-electron chi connectivity index (χ2n) is 3.92. The van der Waals surface area contributed by atoms with Gasteiger partial charge in [0.15, 0.2) is 0 Å². The Labute approximate surface area is 98.4 Å². The van der Waals surface area contributed by atoms with Crippen molar-refractivity contribution in [3.8, 4) is 0 Å². The first-order valence-corrected chi connectivity index (χ1v) is 6.07. The van der Waals surface area contributed by atoms with Gasteiger partial charge in [-0.25, -0.2) is 0 Å². The number of alkyl halides is 1. The van der Waals surface area contributed by atoms with Gasteiger partial charge in [0.1, 0.15) is 4.75 Å². The molecule has 0 fully saturated rings. The number of hydrogen-bond donors (Lipinski definition) is 1. The molecule has 0 aliphatic carbocycles. The Morgan fingerprint density at radius 3 is 2.93 bits per heavy atom. The van der Waals surface area contributed by atoms with Crippen molar-refractivity contribution < 1.29 is 4.79 Å². The summed E-state index contributed by atoms with van der Waals surface area (Å²) in [5.41, 5.74) is 2.08. The number of nitrogens with one attached hydrogen (secondary N) is 1. The molecule has 4 heteroatoms. The summed E-state index contributed by atoms with van der Waals surface area (Å²) < 4.78 is -0.553. The molecule has 0 saturated carbocycles. The summed E-state index contributed by atoms with van der Waals surface area (Å²) in [5.74, 6) is 0.301. The Morgan fingerprint density at radius 2 is 2.27 bits per heavy atom. The van der Waals surface area contributed by atoms with Crippen LogP contribution in [0.3, 0.4) is 0 Å². The molecule has 1 aromatic rings. The molecule has 0 bridgehead atoms. The molecule has 80 valence electrons. The zero-order valence-electron chi connectivity index (χ0n) is 8.63. The van der Waals surface area contributed by atoms with Crippen molar-refractivity contribution >= 4 is 35.0 Å². The number of carbonyl (C=O) groups is 1. The van der Waals surface area contributed by atoms with E-state index >= 15 is 0 Å². The van der Waals surface area contributed by atoms with Crippen LogP contribution in [-0.4, -0.2) is 16.5 Å². The number of aryl methyl sites for hydroxylation is 1. The Bertz CT molecular complexity index is 421. The fraction of sp³-hybridized carbons (Fsp3) is 0.364. The van der Waals surface area contributed by atoms with Crippen LogP contribution in [0.4, 0.5) is 5.69 Å². The first-order chi connectivity index (χ1) is 7.05. The molecule has 1 atom stereocenters. The van der Waals surface area contributed by atoms with E-state index in [1.807, 2.05) is 26.0 Å². The lowest BCUT2D eigenvalue weighted by atomic mass is 10.1. The summed E-state index contributed by atoms with van der Waals surface area (Å²) >= 11 is 7.38. The molecule has 1 N–H and O–H groups in total. The number of hydrogen-bond acceptors (Lipinski definition) is 2. The van der Waals surface area contributed by atoms with Gasteiger partial charge >= 0.3 is 0 Å². The maximum atomic E-state index is 11.8.